The number of hydrogen-bond acceptors (Lipinski definition) is 3. The van der Waals surface area contributed by atoms with Gasteiger partial charge in [0.2, 0.25) is 17.7 Å². The SMILES string of the molecule is CC(=O)N1CCCCC[C@@H]2[C@@H]1[C@H](c1ccccc1)CN2C(=O)C1CCC(=O)N1. The van der Waals surface area contributed by atoms with Crippen LogP contribution >= 0.6 is 0 Å². The van der Waals surface area contributed by atoms with Gasteiger partial charge in [-0.3, -0.25) is 14.4 Å². The summed E-state index contributed by atoms with van der Waals surface area (Å²) in [5, 5.41) is 2.83. The van der Waals surface area contributed by atoms with E-state index in [0.29, 0.717) is 19.4 Å². The lowest BCUT2D eigenvalue weighted by Crippen LogP contribution is -2.53. The Morgan fingerprint density at radius 1 is 1.04 bits per heavy atom. The van der Waals surface area contributed by atoms with E-state index < -0.39 is 6.04 Å². The lowest BCUT2D eigenvalue weighted by molar-refractivity contribution is -0.138. The highest BCUT2D eigenvalue weighted by Crippen LogP contribution is 2.39. The van der Waals surface area contributed by atoms with E-state index in [1.165, 1.54) is 5.56 Å². The fourth-order valence-electron chi connectivity index (χ4n) is 5.24. The molecular formula is C22H29N3O3. The number of fused-ring (bicyclic) bond motifs is 1. The van der Waals surface area contributed by atoms with E-state index in [1.807, 2.05) is 28.0 Å². The monoisotopic (exact) mass is 383 g/mol. The minimum Gasteiger partial charge on any atom is -0.344 e. The van der Waals surface area contributed by atoms with Crippen molar-refractivity contribution in [2.45, 2.75) is 69.5 Å². The van der Waals surface area contributed by atoms with Crippen LogP contribution in [0, 0.1) is 0 Å². The Morgan fingerprint density at radius 3 is 2.50 bits per heavy atom. The quantitative estimate of drug-likeness (QED) is 0.850. The van der Waals surface area contributed by atoms with Gasteiger partial charge in [0.1, 0.15) is 6.04 Å². The van der Waals surface area contributed by atoms with Gasteiger partial charge in [-0.15, -0.1) is 0 Å². The van der Waals surface area contributed by atoms with Gasteiger partial charge in [-0.1, -0.05) is 43.2 Å². The van der Waals surface area contributed by atoms with E-state index in [-0.39, 0.29) is 35.7 Å². The Balaban J connectivity index is 1.69. The first-order valence-electron chi connectivity index (χ1n) is 10.5. The molecule has 150 valence electrons. The molecule has 0 aromatic heterocycles. The van der Waals surface area contributed by atoms with E-state index in [9.17, 15) is 14.4 Å². The lowest BCUT2D eigenvalue weighted by Gasteiger charge is -2.39. The Hall–Kier alpha value is -2.37. The van der Waals surface area contributed by atoms with Gasteiger partial charge in [0, 0.05) is 32.4 Å². The van der Waals surface area contributed by atoms with Crippen molar-refractivity contribution in [3.8, 4) is 0 Å². The van der Waals surface area contributed by atoms with Crippen LogP contribution < -0.4 is 5.32 Å². The van der Waals surface area contributed by atoms with Crippen molar-refractivity contribution in [2.75, 3.05) is 13.1 Å². The molecule has 3 amide bonds. The van der Waals surface area contributed by atoms with Crippen LogP contribution in [0.4, 0.5) is 0 Å². The third-order valence-corrected chi connectivity index (χ3v) is 6.57. The summed E-state index contributed by atoms with van der Waals surface area (Å²) < 4.78 is 0. The smallest absolute Gasteiger partial charge is 0.245 e. The van der Waals surface area contributed by atoms with Crippen molar-refractivity contribution in [2.24, 2.45) is 0 Å². The molecule has 3 heterocycles. The summed E-state index contributed by atoms with van der Waals surface area (Å²) in [6.45, 7) is 3.00. The topological polar surface area (TPSA) is 69.7 Å². The second-order valence-corrected chi connectivity index (χ2v) is 8.29. The standard InChI is InChI=1S/C22H29N3O3/c1-15(26)24-13-7-3-6-10-19-21(24)17(16-8-4-2-5-9-16)14-25(19)22(28)18-11-12-20(27)23-18/h2,4-5,8-9,17-19,21H,3,6-7,10-14H2,1H3,(H,23,27)/t17-,18?,19+,21-/m0/s1. The molecule has 1 aromatic carbocycles. The molecule has 1 N–H and O–H groups in total. The Labute approximate surface area is 166 Å². The van der Waals surface area contributed by atoms with Crippen molar-refractivity contribution < 1.29 is 14.4 Å². The van der Waals surface area contributed by atoms with Crippen LogP contribution in [0.3, 0.4) is 0 Å². The van der Waals surface area contributed by atoms with Gasteiger partial charge >= 0.3 is 0 Å². The van der Waals surface area contributed by atoms with Gasteiger partial charge in [0.25, 0.3) is 0 Å². The first-order chi connectivity index (χ1) is 13.6. The predicted octanol–water partition coefficient (Wildman–Crippen LogP) is 2.05. The number of carbonyl (C=O) groups excluding carboxylic acids is 3. The maximum atomic E-state index is 13.3. The molecule has 3 saturated heterocycles. The molecule has 4 atom stereocenters. The number of rotatable bonds is 2. The van der Waals surface area contributed by atoms with Gasteiger partial charge in [-0.2, -0.15) is 0 Å². The summed E-state index contributed by atoms with van der Waals surface area (Å²) in [6, 6.07) is 9.84. The molecule has 3 fully saturated rings. The molecule has 0 radical (unpaired) electrons. The van der Waals surface area contributed by atoms with Crippen molar-refractivity contribution >= 4 is 17.7 Å². The average molecular weight is 383 g/mol. The molecule has 1 aromatic rings. The van der Waals surface area contributed by atoms with Gasteiger partial charge in [-0.25, -0.2) is 0 Å². The normalized spacial score (nSPS) is 30.4. The number of nitrogens with zero attached hydrogens (tertiary/aromatic N) is 2. The fraction of sp³-hybridized carbons (Fsp3) is 0.591. The largest absolute Gasteiger partial charge is 0.344 e. The highest BCUT2D eigenvalue weighted by atomic mass is 16.2. The van der Waals surface area contributed by atoms with Crippen molar-refractivity contribution in [1.29, 1.82) is 0 Å². The lowest BCUT2D eigenvalue weighted by atomic mass is 9.87. The van der Waals surface area contributed by atoms with Crippen molar-refractivity contribution in [1.82, 2.24) is 15.1 Å². The predicted molar refractivity (Wildman–Crippen MR) is 105 cm³/mol. The molecular weight excluding hydrogens is 354 g/mol. The summed E-state index contributed by atoms with van der Waals surface area (Å²) in [5.74, 6) is 0.163. The molecule has 4 rings (SSSR count). The summed E-state index contributed by atoms with van der Waals surface area (Å²) >= 11 is 0. The highest BCUT2D eigenvalue weighted by Gasteiger charge is 2.49. The second kappa shape index (κ2) is 7.94. The molecule has 1 unspecified atom stereocenters. The number of nitrogens with one attached hydrogen (secondary N) is 1. The van der Waals surface area contributed by atoms with Crippen LogP contribution in [0.5, 0.6) is 0 Å². The summed E-state index contributed by atoms with van der Waals surface area (Å²) in [7, 11) is 0. The highest BCUT2D eigenvalue weighted by molar-refractivity contribution is 5.91. The Morgan fingerprint density at radius 2 is 1.82 bits per heavy atom. The van der Waals surface area contributed by atoms with Crippen molar-refractivity contribution in [3.63, 3.8) is 0 Å². The van der Waals surface area contributed by atoms with Gasteiger partial charge in [-0.05, 0) is 24.8 Å². The number of hydrogen-bond donors (Lipinski definition) is 1. The average Bonchev–Trinajstić information content (AvgIpc) is 3.25. The third kappa shape index (κ3) is 3.52. The fourth-order valence-corrected chi connectivity index (χ4v) is 5.24. The summed E-state index contributed by atoms with van der Waals surface area (Å²) in [5.41, 5.74) is 1.18. The number of benzene rings is 1. The molecule has 0 spiro atoms. The number of carbonyl (C=O) groups is 3. The molecule has 6 heteroatoms. The van der Waals surface area contributed by atoms with E-state index in [2.05, 4.69) is 17.4 Å². The van der Waals surface area contributed by atoms with E-state index in [4.69, 9.17) is 0 Å². The van der Waals surface area contributed by atoms with E-state index in [1.54, 1.807) is 6.92 Å². The maximum absolute atomic E-state index is 13.3. The van der Waals surface area contributed by atoms with Crippen LogP contribution in [0.15, 0.2) is 30.3 Å². The molecule has 3 aliphatic rings. The Kier molecular flexibility index (Phi) is 5.38. The molecule has 3 aliphatic heterocycles. The van der Waals surface area contributed by atoms with Crippen LogP contribution in [-0.4, -0.2) is 58.7 Å². The molecule has 0 aliphatic carbocycles. The molecule has 6 nitrogen and oxygen atoms in total. The zero-order valence-corrected chi connectivity index (χ0v) is 16.5. The summed E-state index contributed by atoms with van der Waals surface area (Å²) in [4.78, 5) is 41.5. The van der Waals surface area contributed by atoms with Gasteiger partial charge < -0.3 is 15.1 Å². The van der Waals surface area contributed by atoms with Gasteiger partial charge in [0.05, 0.1) is 12.1 Å². The second-order valence-electron chi connectivity index (χ2n) is 8.29. The Bertz CT molecular complexity index is 751. The van der Waals surface area contributed by atoms with Crippen LogP contribution in [0.1, 0.15) is 56.9 Å². The summed E-state index contributed by atoms with van der Waals surface area (Å²) in [6.07, 6.45) is 5.04. The maximum Gasteiger partial charge on any atom is 0.245 e. The van der Waals surface area contributed by atoms with Gasteiger partial charge in [0.15, 0.2) is 0 Å². The van der Waals surface area contributed by atoms with E-state index >= 15 is 0 Å². The zero-order valence-electron chi connectivity index (χ0n) is 16.5. The third-order valence-electron chi connectivity index (χ3n) is 6.57. The van der Waals surface area contributed by atoms with Crippen LogP contribution in [-0.2, 0) is 14.4 Å². The zero-order chi connectivity index (χ0) is 19.7. The van der Waals surface area contributed by atoms with Crippen molar-refractivity contribution in [3.05, 3.63) is 35.9 Å². The first kappa shape index (κ1) is 19.0. The number of amides is 3. The minimum atomic E-state index is -0.418. The molecule has 0 bridgehead atoms. The first-order valence-corrected chi connectivity index (χ1v) is 10.5. The molecule has 28 heavy (non-hydrogen) atoms. The minimum absolute atomic E-state index is 0.00116. The van der Waals surface area contributed by atoms with E-state index in [0.717, 1.165) is 32.2 Å². The van der Waals surface area contributed by atoms with Crippen LogP contribution in [0.25, 0.3) is 0 Å². The van der Waals surface area contributed by atoms with Crippen LogP contribution in [0.2, 0.25) is 0 Å². The molecule has 0 saturated carbocycles. The number of likely N-dealkylation sites (tertiary alicyclic amines) is 2.